The number of hydrogen-bond donors (Lipinski definition) is 3. The Morgan fingerprint density at radius 2 is 1.87 bits per heavy atom. The third-order valence-electron chi connectivity index (χ3n) is 7.11. The SMILES string of the molecule is O=C(OC1(C2CC3CCC2C3)CCCCC1)C1(C23NI2N3)N[I-]1. The Kier molecular flexibility index (Phi) is 3.08. The van der Waals surface area contributed by atoms with Crippen molar-refractivity contribution in [3.05, 3.63) is 0 Å². The number of ether oxygens (including phenoxy) is 1. The van der Waals surface area contributed by atoms with Crippen LogP contribution < -0.4 is 32.1 Å². The minimum absolute atomic E-state index is 0.0474. The van der Waals surface area contributed by atoms with Crippen LogP contribution in [0, 0.1) is 17.8 Å². The van der Waals surface area contributed by atoms with Gasteiger partial charge in [0.15, 0.2) is 0 Å². The molecule has 0 aromatic heterocycles. The van der Waals surface area contributed by atoms with Gasteiger partial charge in [0.1, 0.15) is 0 Å². The molecular formula is C16H24I2N3O2-. The van der Waals surface area contributed by atoms with Gasteiger partial charge in [-0.25, -0.2) is 0 Å². The first kappa shape index (κ1) is 14.9. The van der Waals surface area contributed by atoms with E-state index < -0.39 is 20.4 Å². The van der Waals surface area contributed by atoms with Gasteiger partial charge in [-0.05, 0) is 0 Å². The molecule has 2 bridgehead atoms. The van der Waals surface area contributed by atoms with Gasteiger partial charge in [0.05, 0.1) is 0 Å². The number of carbonyl (C=O) groups excluding carboxylic acids is 1. The molecular weight excluding hydrogens is 520 g/mol. The van der Waals surface area contributed by atoms with Crippen molar-refractivity contribution >= 4 is 26.3 Å². The number of halogens is 2. The zero-order chi connectivity index (χ0) is 15.3. The van der Waals surface area contributed by atoms with Crippen molar-refractivity contribution in [1.82, 2.24) is 10.6 Å². The zero-order valence-corrected chi connectivity index (χ0v) is 17.5. The van der Waals surface area contributed by atoms with Crippen LogP contribution in [0.2, 0.25) is 0 Å². The van der Waals surface area contributed by atoms with E-state index in [4.69, 9.17) is 4.74 Å². The summed E-state index contributed by atoms with van der Waals surface area (Å²) in [6.07, 6.45) is 11.6. The van der Waals surface area contributed by atoms with E-state index in [9.17, 15) is 4.79 Å². The number of esters is 1. The van der Waals surface area contributed by atoms with Crippen LogP contribution in [0.15, 0.2) is 0 Å². The van der Waals surface area contributed by atoms with Crippen molar-refractivity contribution in [2.45, 2.75) is 70.6 Å². The van der Waals surface area contributed by atoms with Crippen molar-refractivity contribution in [3.63, 3.8) is 0 Å². The fraction of sp³-hybridized carbons (Fsp3) is 0.938. The van der Waals surface area contributed by atoms with E-state index in [1.165, 1.54) is 44.9 Å². The van der Waals surface area contributed by atoms with E-state index in [1.54, 1.807) is 0 Å². The van der Waals surface area contributed by atoms with E-state index in [0.717, 1.165) is 24.7 Å². The van der Waals surface area contributed by atoms with Gasteiger partial charge in [0.2, 0.25) is 0 Å². The summed E-state index contributed by atoms with van der Waals surface area (Å²) in [6.45, 7) is 0. The first-order chi connectivity index (χ1) is 11.2. The van der Waals surface area contributed by atoms with E-state index >= 15 is 0 Å². The molecule has 0 radical (unpaired) electrons. The second-order valence-electron chi connectivity index (χ2n) is 8.27. The second-order valence-corrected chi connectivity index (χ2v) is 15.3. The second kappa shape index (κ2) is 4.75. The van der Waals surface area contributed by atoms with Gasteiger partial charge in [-0.1, -0.05) is 0 Å². The number of fused-ring (bicyclic) bond motifs is 3. The first-order valence-corrected chi connectivity index (χ1v) is 14.5. The average Bonchev–Trinajstić information content (AvgIpc) is 3.46. The molecule has 4 atom stereocenters. The Hall–Kier alpha value is 0.810. The predicted molar refractivity (Wildman–Crippen MR) is 89.7 cm³/mol. The van der Waals surface area contributed by atoms with Crippen LogP contribution in [0.25, 0.3) is 0 Å². The van der Waals surface area contributed by atoms with Crippen molar-refractivity contribution in [2.75, 3.05) is 0 Å². The molecule has 3 aliphatic carbocycles. The summed E-state index contributed by atoms with van der Waals surface area (Å²) in [5.41, 5.74) is -0.115. The summed E-state index contributed by atoms with van der Waals surface area (Å²) < 4.78 is 16.8. The summed E-state index contributed by atoms with van der Waals surface area (Å²) in [4.78, 5) is 13.2. The van der Waals surface area contributed by atoms with Crippen molar-refractivity contribution < 1.29 is 31.0 Å². The monoisotopic (exact) mass is 544 g/mol. The number of hydrogen-bond acceptors (Lipinski definition) is 5. The van der Waals surface area contributed by atoms with Crippen LogP contribution in [-0.4, -0.2) is 18.8 Å². The fourth-order valence-corrected chi connectivity index (χ4v) is 15.7. The topological polar surface area (TPSA) is 92.1 Å². The summed E-state index contributed by atoms with van der Waals surface area (Å²) in [5.74, 6) is 2.52. The molecule has 3 saturated heterocycles. The average molecular weight is 544 g/mol. The zero-order valence-electron chi connectivity index (χ0n) is 13.2. The van der Waals surface area contributed by atoms with Crippen LogP contribution in [0.5, 0.6) is 0 Å². The Morgan fingerprint density at radius 1 is 1.13 bits per heavy atom. The number of carbonyl (C=O) groups is 1. The summed E-state index contributed by atoms with van der Waals surface area (Å²) >= 11 is -1.32. The molecule has 23 heavy (non-hydrogen) atoms. The molecule has 3 aliphatic heterocycles. The molecule has 0 aromatic carbocycles. The third-order valence-corrected chi connectivity index (χ3v) is 15.6. The molecule has 3 saturated carbocycles. The number of rotatable bonds is 4. The third kappa shape index (κ3) is 1.97. The molecule has 0 spiro atoms. The van der Waals surface area contributed by atoms with Crippen LogP contribution >= 0.6 is 20.4 Å². The van der Waals surface area contributed by atoms with Crippen LogP contribution in [0.4, 0.5) is 0 Å². The van der Waals surface area contributed by atoms with Crippen molar-refractivity contribution in [2.24, 2.45) is 17.8 Å². The number of alkyl halides is 2. The number of nitrogens with one attached hydrogen (secondary N) is 3. The van der Waals surface area contributed by atoms with E-state index in [2.05, 4.69) is 10.6 Å². The van der Waals surface area contributed by atoms with E-state index in [0.29, 0.717) is 5.92 Å². The quantitative estimate of drug-likeness (QED) is 0.107. The molecule has 6 fully saturated rings. The molecule has 0 amide bonds. The van der Waals surface area contributed by atoms with Crippen LogP contribution in [0.3, 0.4) is 0 Å². The molecule has 0 aromatic rings. The standard InChI is InChI=1S/C16H24I2N3O2/c22-13(15(17-19-15)16-18(20-16)21-16)23-14(6-2-1-3-7-14)12-9-10-4-5-11(12)8-10/h10-12,19-21H,1-9H2/q-1. The van der Waals surface area contributed by atoms with Gasteiger partial charge in [-0.15, -0.1) is 0 Å². The van der Waals surface area contributed by atoms with E-state index in [-0.39, 0.29) is 40.3 Å². The molecule has 130 valence electrons. The summed E-state index contributed by atoms with van der Waals surface area (Å²) in [5, 5.41) is 0. The molecule has 3 N–H and O–H groups in total. The molecule has 4 unspecified atom stereocenters. The van der Waals surface area contributed by atoms with Crippen LogP contribution in [-0.2, 0) is 9.53 Å². The van der Waals surface area contributed by atoms with Gasteiger partial charge in [-0.3, -0.25) is 0 Å². The van der Waals surface area contributed by atoms with Gasteiger partial charge < -0.3 is 0 Å². The minimum atomic E-state index is -1.10. The first-order valence-electron chi connectivity index (χ1n) is 9.09. The summed E-state index contributed by atoms with van der Waals surface area (Å²) in [7, 11) is 0. The fourth-order valence-electron chi connectivity index (χ4n) is 5.72. The Bertz CT molecular complexity index is 570. The summed E-state index contributed by atoms with van der Waals surface area (Å²) in [6, 6.07) is 0. The molecule has 3 heterocycles. The molecule has 5 nitrogen and oxygen atoms in total. The van der Waals surface area contributed by atoms with E-state index in [1.807, 2.05) is 0 Å². The normalized spacial score (nSPS) is 49.0. The predicted octanol–water partition coefficient (Wildman–Crippen LogP) is -0.831. The molecule has 6 aliphatic rings. The maximum absolute atomic E-state index is 13.2. The van der Waals surface area contributed by atoms with Crippen molar-refractivity contribution in [1.29, 1.82) is 0 Å². The Labute approximate surface area is 155 Å². The molecule has 7 heteroatoms. The van der Waals surface area contributed by atoms with Crippen LogP contribution in [0.1, 0.15) is 57.8 Å². The van der Waals surface area contributed by atoms with Crippen molar-refractivity contribution in [3.8, 4) is 0 Å². The van der Waals surface area contributed by atoms with Gasteiger partial charge in [-0.2, -0.15) is 0 Å². The van der Waals surface area contributed by atoms with Gasteiger partial charge in [0, 0.05) is 0 Å². The Morgan fingerprint density at radius 3 is 2.39 bits per heavy atom. The maximum atomic E-state index is 13.2. The van der Waals surface area contributed by atoms with Gasteiger partial charge >= 0.3 is 156 Å². The van der Waals surface area contributed by atoms with Gasteiger partial charge in [0.25, 0.3) is 0 Å². The Balaban J connectivity index is 1.27. The molecule has 6 rings (SSSR count).